The third kappa shape index (κ3) is 6.27. The van der Waals surface area contributed by atoms with E-state index < -0.39 is 5.97 Å². The van der Waals surface area contributed by atoms with Gasteiger partial charge in [-0.2, -0.15) is 0 Å². The van der Waals surface area contributed by atoms with Crippen LogP contribution in [-0.4, -0.2) is 24.2 Å². The first-order valence-electron chi connectivity index (χ1n) is 8.15. The van der Waals surface area contributed by atoms with Crippen LogP contribution in [0.5, 0.6) is 0 Å². The molecule has 0 aliphatic rings. The highest BCUT2D eigenvalue weighted by Crippen LogP contribution is 2.23. The molecule has 1 amide bonds. The summed E-state index contributed by atoms with van der Waals surface area (Å²) < 4.78 is 5.05. The number of ether oxygens (including phenoxy) is 1. The minimum absolute atomic E-state index is 0.128. The third-order valence-electron chi connectivity index (χ3n) is 3.72. The zero-order valence-electron chi connectivity index (χ0n) is 14.7. The zero-order valence-corrected chi connectivity index (χ0v) is 15.6. The maximum Gasteiger partial charge on any atom is 0.316 e. The van der Waals surface area contributed by atoms with E-state index in [1.165, 1.54) is 17.3 Å². The summed E-state index contributed by atoms with van der Waals surface area (Å²) in [6, 6.07) is 15.6. The Morgan fingerprint density at radius 2 is 1.84 bits per heavy atom. The van der Waals surface area contributed by atoms with Crippen molar-refractivity contribution in [2.24, 2.45) is 0 Å². The van der Waals surface area contributed by atoms with Crippen molar-refractivity contribution in [3.8, 4) is 0 Å². The minimum atomic E-state index is -0.396. The largest absolute Gasteiger partial charge is 0.455 e. The van der Waals surface area contributed by atoms with Crippen molar-refractivity contribution in [1.82, 2.24) is 5.32 Å². The average molecular weight is 357 g/mol. The van der Waals surface area contributed by atoms with Gasteiger partial charge >= 0.3 is 5.97 Å². The molecule has 0 radical (unpaired) electrons. The van der Waals surface area contributed by atoms with Crippen LogP contribution in [0.2, 0.25) is 0 Å². The molecule has 132 valence electrons. The Bertz CT molecular complexity index is 731. The second-order valence-corrected chi connectivity index (χ2v) is 6.94. The van der Waals surface area contributed by atoms with Gasteiger partial charge < -0.3 is 10.1 Å². The van der Waals surface area contributed by atoms with Crippen molar-refractivity contribution < 1.29 is 14.3 Å². The summed E-state index contributed by atoms with van der Waals surface area (Å²) in [5.41, 5.74) is 3.33. The molecule has 25 heavy (non-hydrogen) atoms. The smallest absolute Gasteiger partial charge is 0.316 e. The van der Waals surface area contributed by atoms with E-state index >= 15 is 0 Å². The molecule has 0 saturated heterocycles. The molecule has 4 nitrogen and oxygen atoms in total. The maximum absolute atomic E-state index is 11.9. The van der Waals surface area contributed by atoms with E-state index in [-0.39, 0.29) is 24.3 Å². The number of carbonyl (C=O) groups excluding carboxylic acids is 2. The molecule has 5 heteroatoms. The normalized spacial score (nSPS) is 11.6. The molecule has 0 fully saturated rings. The summed E-state index contributed by atoms with van der Waals surface area (Å²) in [4.78, 5) is 24.8. The van der Waals surface area contributed by atoms with Gasteiger partial charge in [-0.1, -0.05) is 48.0 Å². The molecule has 2 aromatic carbocycles. The van der Waals surface area contributed by atoms with Gasteiger partial charge in [0, 0.05) is 4.90 Å². The summed E-state index contributed by atoms with van der Waals surface area (Å²) in [6.07, 6.45) is 0. The Hall–Kier alpha value is -2.27. The number of aryl methyl sites for hydroxylation is 2. The zero-order chi connectivity index (χ0) is 18.2. The molecule has 0 aromatic heterocycles. The number of thioether (sulfide) groups is 1. The van der Waals surface area contributed by atoms with E-state index in [0.717, 1.165) is 16.0 Å². The number of esters is 1. The number of carbonyl (C=O) groups is 2. The first-order valence-corrected chi connectivity index (χ1v) is 9.14. The van der Waals surface area contributed by atoms with Crippen molar-refractivity contribution in [2.75, 3.05) is 12.4 Å². The van der Waals surface area contributed by atoms with E-state index in [2.05, 4.69) is 11.4 Å². The summed E-state index contributed by atoms with van der Waals surface area (Å²) in [5, 5.41) is 2.82. The number of amides is 1. The molecular weight excluding hydrogens is 334 g/mol. The fraction of sp³-hybridized carbons (Fsp3) is 0.300. The SMILES string of the molecule is Cc1ccc(SCC(=O)OCC(=O)NC(C)c2ccccc2)c(C)c1. The van der Waals surface area contributed by atoms with Gasteiger partial charge in [-0.3, -0.25) is 9.59 Å². The minimum Gasteiger partial charge on any atom is -0.455 e. The topological polar surface area (TPSA) is 55.4 Å². The Balaban J connectivity index is 1.73. The van der Waals surface area contributed by atoms with Crippen LogP contribution in [0.1, 0.15) is 29.7 Å². The highest BCUT2D eigenvalue weighted by atomic mass is 32.2. The fourth-order valence-electron chi connectivity index (χ4n) is 2.39. The van der Waals surface area contributed by atoms with Crippen molar-refractivity contribution in [2.45, 2.75) is 31.7 Å². The number of benzene rings is 2. The van der Waals surface area contributed by atoms with E-state index in [0.29, 0.717) is 0 Å². The quantitative estimate of drug-likeness (QED) is 0.605. The molecule has 1 N–H and O–H groups in total. The lowest BCUT2D eigenvalue weighted by molar-refractivity contribution is -0.146. The van der Waals surface area contributed by atoms with Crippen molar-refractivity contribution in [3.63, 3.8) is 0 Å². The molecule has 0 spiro atoms. The average Bonchev–Trinajstić information content (AvgIpc) is 2.60. The Kier molecular flexibility index (Phi) is 7.07. The van der Waals surface area contributed by atoms with Crippen LogP contribution in [-0.2, 0) is 14.3 Å². The van der Waals surface area contributed by atoms with Gasteiger partial charge in [-0.25, -0.2) is 0 Å². The summed E-state index contributed by atoms with van der Waals surface area (Å²) >= 11 is 1.42. The van der Waals surface area contributed by atoms with E-state index in [4.69, 9.17) is 4.74 Å². The molecule has 2 rings (SSSR count). The molecule has 0 aliphatic heterocycles. The van der Waals surface area contributed by atoms with Crippen LogP contribution in [0.3, 0.4) is 0 Å². The lowest BCUT2D eigenvalue weighted by Crippen LogP contribution is -2.31. The Morgan fingerprint density at radius 3 is 2.52 bits per heavy atom. The monoisotopic (exact) mass is 357 g/mol. The van der Waals surface area contributed by atoms with Gasteiger partial charge in [-0.15, -0.1) is 11.8 Å². The van der Waals surface area contributed by atoms with Gasteiger partial charge in [0.2, 0.25) is 0 Å². The first-order chi connectivity index (χ1) is 12.0. The number of rotatable bonds is 7. The standard InChI is InChI=1S/C20H23NO3S/c1-14-9-10-18(15(2)11-14)25-13-20(23)24-12-19(22)21-16(3)17-7-5-4-6-8-17/h4-11,16H,12-13H2,1-3H3,(H,21,22). The van der Waals surface area contributed by atoms with Gasteiger partial charge in [0.1, 0.15) is 0 Å². The number of hydrogen-bond acceptors (Lipinski definition) is 4. The predicted octanol–water partition coefficient (Wildman–Crippen LogP) is 3.82. The van der Waals surface area contributed by atoms with Gasteiger partial charge in [0.25, 0.3) is 5.91 Å². The summed E-state index contributed by atoms with van der Waals surface area (Å²) in [5.74, 6) is -0.514. The van der Waals surface area contributed by atoms with Crippen LogP contribution < -0.4 is 5.32 Å². The predicted molar refractivity (Wildman–Crippen MR) is 101 cm³/mol. The molecule has 0 aliphatic carbocycles. The van der Waals surface area contributed by atoms with E-state index in [1.807, 2.05) is 63.2 Å². The van der Waals surface area contributed by atoms with Crippen LogP contribution >= 0.6 is 11.8 Å². The highest BCUT2D eigenvalue weighted by molar-refractivity contribution is 8.00. The van der Waals surface area contributed by atoms with Gasteiger partial charge in [0.05, 0.1) is 11.8 Å². The summed E-state index contributed by atoms with van der Waals surface area (Å²) in [7, 11) is 0. The lowest BCUT2D eigenvalue weighted by Gasteiger charge is -2.14. The van der Waals surface area contributed by atoms with Crippen molar-refractivity contribution in [1.29, 1.82) is 0 Å². The summed E-state index contributed by atoms with van der Waals surface area (Å²) in [6.45, 7) is 5.68. The maximum atomic E-state index is 11.9. The van der Waals surface area contributed by atoms with Crippen molar-refractivity contribution >= 4 is 23.6 Å². The first kappa shape index (κ1) is 19.1. The van der Waals surface area contributed by atoms with E-state index in [1.54, 1.807) is 0 Å². The molecule has 2 aromatic rings. The molecular formula is C20H23NO3S. The van der Waals surface area contributed by atoms with Gasteiger partial charge in [0.15, 0.2) is 6.61 Å². The highest BCUT2D eigenvalue weighted by Gasteiger charge is 2.12. The van der Waals surface area contributed by atoms with Crippen molar-refractivity contribution in [3.05, 3.63) is 65.2 Å². The Morgan fingerprint density at radius 1 is 1.12 bits per heavy atom. The second-order valence-electron chi connectivity index (χ2n) is 5.92. The lowest BCUT2D eigenvalue weighted by atomic mass is 10.1. The van der Waals surface area contributed by atoms with Gasteiger partial charge in [-0.05, 0) is 38.0 Å². The molecule has 0 saturated carbocycles. The molecule has 1 atom stereocenters. The number of hydrogen-bond donors (Lipinski definition) is 1. The van der Waals surface area contributed by atoms with Crippen LogP contribution in [0.4, 0.5) is 0 Å². The van der Waals surface area contributed by atoms with Crippen LogP contribution in [0, 0.1) is 13.8 Å². The second kappa shape index (κ2) is 9.28. The molecule has 0 bridgehead atoms. The number of nitrogens with one attached hydrogen (secondary N) is 1. The molecule has 1 unspecified atom stereocenters. The Labute approximate surface area is 153 Å². The fourth-order valence-corrected chi connectivity index (χ4v) is 3.20. The van der Waals surface area contributed by atoms with Crippen LogP contribution in [0.15, 0.2) is 53.4 Å². The molecule has 0 heterocycles. The van der Waals surface area contributed by atoms with Crippen LogP contribution in [0.25, 0.3) is 0 Å². The van der Waals surface area contributed by atoms with E-state index in [9.17, 15) is 9.59 Å². The third-order valence-corrected chi connectivity index (χ3v) is 4.87.